The van der Waals surface area contributed by atoms with Crippen molar-refractivity contribution in [1.82, 2.24) is 9.97 Å². The van der Waals surface area contributed by atoms with Crippen molar-refractivity contribution in [3.8, 4) is 0 Å². The summed E-state index contributed by atoms with van der Waals surface area (Å²) in [5, 5.41) is 2.95. The van der Waals surface area contributed by atoms with Gasteiger partial charge in [-0.3, -0.25) is 9.78 Å². The van der Waals surface area contributed by atoms with Crippen molar-refractivity contribution in [3.63, 3.8) is 0 Å². The van der Waals surface area contributed by atoms with Gasteiger partial charge in [-0.05, 0) is 54.4 Å². The smallest absolute Gasteiger partial charge is 0.233 e. The van der Waals surface area contributed by atoms with Gasteiger partial charge in [-0.1, -0.05) is 17.7 Å². The minimum absolute atomic E-state index is 0.0687. The molecule has 6 nitrogen and oxygen atoms in total. The molecule has 0 saturated carbocycles. The van der Waals surface area contributed by atoms with Gasteiger partial charge in [0.15, 0.2) is 15.7 Å². The third-order valence-corrected chi connectivity index (χ3v) is 7.58. The summed E-state index contributed by atoms with van der Waals surface area (Å²) >= 11 is 8.13. The SMILES string of the molecule is CS(=O)(=O)c1ccc(C(C[C@H]2CCCSC2)C(=O)Nc2cnccn2)cc1Cl. The van der Waals surface area contributed by atoms with E-state index in [4.69, 9.17) is 11.6 Å². The summed E-state index contributed by atoms with van der Waals surface area (Å²) in [6.07, 6.45) is 8.55. The highest BCUT2D eigenvalue weighted by molar-refractivity contribution is 7.99. The fourth-order valence-electron chi connectivity index (χ4n) is 3.33. The van der Waals surface area contributed by atoms with Crippen molar-refractivity contribution < 1.29 is 13.2 Å². The molecule has 1 unspecified atom stereocenters. The van der Waals surface area contributed by atoms with Crippen LogP contribution in [-0.2, 0) is 14.6 Å². The second-order valence-corrected chi connectivity index (χ2v) is 10.5. The molecule has 1 aromatic carbocycles. The molecule has 1 N–H and O–H groups in total. The summed E-state index contributed by atoms with van der Waals surface area (Å²) < 4.78 is 23.7. The van der Waals surface area contributed by atoms with Gasteiger partial charge in [-0.25, -0.2) is 13.4 Å². The molecule has 1 fully saturated rings. The summed E-state index contributed by atoms with van der Waals surface area (Å²) in [5.74, 6) is 2.33. The van der Waals surface area contributed by atoms with Gasteiger partial charge in [-0.2, -0.15) is 11.8 Å². The first-order valence-corrected chi connectivity index (χ1v) is 12.4. The maximum atomic E-state index is 13.0. The predicted molar refractivity (Wildman–Crippen MR) is 113 cm³/mol. The molecule has 1 aliphatic heterocycles. The largest absolute Gasteiger partial charge is 0.309 e. The molecule has 2 atom stereocenters. The highest BCUT2D eigenvalue weighted by Gasteiger charge is 2.27. The number of nitrogens with zero attached hydrogens (tertiary/aromatic N) is 2. The molecule has 150 valence electrons. The van der Waals surface area contributed by atoms with Crippen LogP contribution >= 0.6 is 23.4 Å². The Labute approximate surface area is 174 Å². The fourth-order valence-corrected chi connectivity index (χ4v) is 5.84. The number of amides is 1. The van der Waals surface area contributed by atoms with E-state index in [1.807, 2.05) is 11.8 Å². The fraction of sp³-hybridized carbons (Fsp3) is 0.421. The van der Waals surface area contributed by atoms with Gasteiger partial charge in [0.25, 0.3) is 0 Å². The van der Waals surface area contributed by atoms with Gasteiger partial charge in [0, 0.05) is 18.6 Å². The second kappa shape index (κ2) is 9.24. The van der Waals surface area contributed by atoms with Crippen molar-refractivity contribution in [2.75, 3.05) is 23.1 Å². The molecule has 2 heterocycles. The third kappa shape index (κ3) is 5.46. The molecule has 1 aliphatic rings. The molecular weight excluding hydrogens is 418 g/mol. The third-order valence-electron chi connectivity index (χ3n) is 4.71. The normalized spacial score (nSPS) is 18.4. The Balaban J connectivity index is 1.88. The predicted octanol–water partition coefficient (Wildman–Crippen LogP) is 3.79. The number of anilines is 1. The minimum atomic E-state index is -3.43. The standard InChI is InChI=1S/C19H22ClN3O3S2/c1-28(25,26)17-5-4-14(10-16(17)20)15(9-13-3-2-8-27-12-13)19(24)23-18-11-21-6-7-22-18/h4-7,10-11,13,15H,2-3,8-9,12H2,1H3,(H,22,23,24)/t13-,15?/m1/s1. The van der Waals surface area contributed by atoms with Gasteiger partial charge < -0.3 is 5.32 Å². The quantitative estimate of drug-likeness (QED) is 0.736. The first-order valence-electron chi connectivity index (χ1n) is 8.98. The van der Waals surface area contributed by atoms with Crippen LogP contribution in [0.5, 0.6) is 0 Å². The number of benzene rings is 1. The lowest BCUT2D eigenvalue weighted by molar-refractivity contribution is -0.118. The topological polar surface area (TPSA) is 89.0 Å². The van der Waals surface area contributed by atoms with Crippen LogP contribution in [0.3, 0.4) is 0 Å². The minimum Gasteiger partial charge on any atom is -0.309 e. The van der Waals surface area contributed by atoms with Crippen LogP contribution in [0.1, 0.15) is 30.7 Å². The van der Waals surface area contributed by atoms with Crippen molar-refractivity contribution in [3.05, 3.63) is 47.4 Å². The average Bonchev–Trinajstić information content (AvgIpc) is 2.66. The number of sulfone groups is 1. The van der Waals surface area contributed by atoms with Crippen LogP contribution < -0.4 is 5.32 Å². The Kier molecular flexibility index (Phi) is 6.95. The zero-order chi connectivity index (χ0) is 20.1. The van der Waals surface area contributed by atoms with Crippen LogP contribution in [0.4, 0.5) is 5.82 Å². The second-order valence-electron chi connectivity index (χ2n) is 6.91. The molecular formula is C19H22ClN3O3S2. The molecule has 1 saturated heterocycles. The van der Waals surface area contributed by atoms with E-state index < -0.39 is 15.8 Å². The first kappa shape index (κ1) is 21.1. The number of carbonyl (C=O) groups excluding carboxylic acids is 1. The van der Waals surface area contributed by atoms with E-state index >= 15 is 0 Å². The van der Waals surface area contributed by atoms with Crippen LogP contribution in [0.25, 0.3) is 0 Å². The van der Waals surface area contributed by atoms with Crippen LogP contribution in [-0.4, -0.2) is 42.1 Å². The maximum Gasteiger partial charge on any atom is 0.233 e. The molecule has 1 aromatic heterocycles. The lowest BCUT2D eigenvalue weighted by Gasteiger charge is -2.26. The number of halogens is 1. The van der Waals surface area contributed by atoms with E-state index in [-0.39, 0.29) is 15.8 Å². The zero-order valence-corrected chi connectivity index (χ0v) is 17.9. The van der Waals surface area contributed by atoms with Crippen molar-refractivity contribution in [1.29, 1.82) is 0 Å². The van der Waals surface area contributed by atoms with Crippen LogP contribution in [0, 0.1) is 5.92 Å². The Bertz CT molecular complexity index is 933. The monoisotopic (exact) mass is 439 g/mol. The van der Waals surface area contributed by atoms with E-state index in [0.717, 1.165) is 30.6 Å². The first-order chi connectivity index (χ1) is 13.3. The van der Waals surface area contributed by atoms with E-state index in [1.54, 1.807) is 12.1 Å². The summed E-state index contributed by atoms with van der Waals surface area (Å²) in [7, 11) is -3.43. The maximum absolute atomic E-state index is 13.0. The molecule has 1 amide bonds. The summed E-state index contributed by atoms with van der Waals surface area (Å²) in [4.78, 5) is 21.2. The number of thioether (sulfide) groups is 1. The van der Waals surface area contributed by atoms with Gasteiger partial charge in [0.1, 0.15) is 0 Å². The van der Waals surface area contributed by atoms with E-state index in [1.165, 1.54) is 24.7 Å². The molecule has 0 radical (unpaired) electrons. The molecule has 2 aromatic rings. The molecule has 9 heteroatoms. The number of aromatic nitrogens is 2. The summed E-state index contributed by atoms with van der Waals surface area (Å²) in [5.41, 5.74) is 0.703. The number of nitrogens with one attached hydrogen (secondary N) is 1. The van der Waals surface area contributed by atoms with E-state index in [2.05, 4.69) is 15.3 Å². The average molecular weight is 440 g/mol. The summed E-state index contributed by atoms with van der Waals surface area (Å²) in [6, 6.07) is 4.75. The highest BCUT2D eigenvalue weighted by Crippen LogP contribution is 2.35. The zero-order valence-electron chi connectivity index (χ0n) is 15.5. The molecule has 0 spiro atoms. The molecule has 3 rings (SSSR count). The highest BCUT2D eigenvalue weighted by atomic mass is 35.5. The van der Waals surface area contributed by atoms with Crippen molar-refractivity contribution in [2.24, 2.45) is 5.92 Å². The lowest BCUT2D eigenvalue weighted by Crippen LogP contribution is -2.25. The number of hydrogen-bond acceptors (Lipinski definition) is 6. The number of rotatable bonds is 6. The van der Waals surface area contributed by atoms with E-state index in [0.29, 0.717) is 23.7 Å². The number of carbonyl (C=O) groups is 1. The van der Waals surface area contributed by atoms with Gasteiger partial charge >= 0.3 is 0 Å². The van der Waals surface area contributed by atoms with Gasteiger partial charge in [0.05, 0.1) is 22.0 Å². The van der Waals surface area contributed by atoms with Crippen LogP contribution in [0.2, 0.25) is 5.02 Å². The van der Waals surface area contributed by atoms with Gasteiger partial charge in [0.2, 0.25) is 5.91 Å². The Morgan fingerprint density at radius 3 is 2.82 bits per heavy atom. The van der Waals surface area contributed by atoms with E-state index in [9.17, 15) is 13.2 Å². The number of hydrogen-bond donors (Lipinski definition) is 1. The molecule has 0 aliphatic carbocycles. The Morgan fingerprint density at radius 2 is 2.21 bits per heavy atom. The Morgan fingerprint density at radius 1 is 1.39 bits per heavy atom. The van der Waals surface area contributed by atoms with Crippen molar-refractivity contribution >= 4 is 44.9 Å². The molecule has 0 bridgehead atoms. The lowest BCUT2D eigenvalue weighted by atomic mass is 9.86. The van der Waals surface area contributed by atoms with Crippen LogP contribution in [0.15, 0.2) is 41.7 Å². The Hall–Kier alpha value is -1.64. The molecule has 28 heavy (non-hydrogen) atoms. The van der Waals surface area contributed by atoms with Gasteiger partial charge in [-0.15, -0.1) is 0 Å². The summed E-state index contributed by atoms with van der Waals surface area (Å²) in [6.45, 7) is 0. The van der Waals surface area contributed by atoms with Crippen molar-refractivity contribution in [2.45, 2.75) is 30.1 Å².